The summed E-state index contributed by atoms with van der Waals surface area (Å²) in [5, 5.41) is 30.0. The molecule has 3 saturated carbocycles. The van der Waals surface area contributed by atoms with Gasteiger partial charge in [-0.05, 0) is 94.0 Å². The first-order valence-electron chi connectivity index (χ1n) is 12.3. The van der Waals surface area contributed by atoms with Gasteiger partial charge in [-0.1, -0.05) is 43.7 Å². The summed E-state index contributed by atoms with van der Waals surface area (Å²) in [5.41, 5.74) is 1.11. The van der Waals surface area contributed by atoms with Crippen LogP contribution in [0.2, 0.25) is 0 Å². The fraction of sp³-hybridized carbons (Fsp3) is 0.778. The molecule has 0 radical (unpaired) electrons. The minimum atomic E-state index is -3.08. The molecule has 0 aromatic rings. The second-order valence-corrected chi connectivity index (χ2v) is 11.5. The number of alkyl halides is 2. The summed E-state index contributed by atoms with van der Waals surface area (Å²) in [6, 6.07) is 0. The molecule has 3 nitrogen and oxygen atoms in total. The maximum Gasteiger partial charge on any atom is 0.275 e. The standard InChI is InChI=1S/C27H42F2O3/c1-17(12-14-27(28,29)25(3,4)32)21-10-11-22-20(7-6-13-26(21,22)5)9-8-19-15-23(30)18(2)24(31)16-19/h8-9,17,21-24,30-32H,2,6-7,10-16H2,1,3-5H3/t17-,21?,22?,23-,24-,26-/m1/s1. The minimum Gasteiger partial charge on any atom is -0.388 e. The Hall–Kier alpha value is -1.04. The predicted octanol–water partition coefficient (Wildman–Crippen LogP) is 5.95. The number of halogens is 2. The van der Waals surface area contributed by atoms with Gasteiger partial charge < -0.3 is 15.3 Å². The van der Waals surface area contributed by atoms with Crippen molar-refractivity contribution in [1.29, 1.82) is 0 Å². The molecule has 2 unspecified atom stereocenters. The highest BCUT2D eigenvalue weighted by Crippen LogP contribution is 2.60. The SMILES string of the molecule is C=C1[C@H](O)CC(=CC=C2CCC[C@@]3(C)C2CCC3[C@H](C)CCC(F)(F)C(C)(C)O)C[C@H]1O. The summed E-state index contributed by atoms with van der Waals surface area (Å²) < 4.78 is 28.6. The van der Waals surface area contributed by atoms with Gasteiger partial charge in [0.1, 0.15) is 5.60 Å². The molecular weight excluding hydrogens is 410 g/mol. The fourth-order valence-corrected chi connectivity index (χ4v) is 6.56. The van der Waals surface area contributed by atoms with Gasteiger partial charge >= 0.3 is 0 Å². The van der Waals surface area contributed by atoms with Crippen molar-refractivity contribution in [2.45, 2.75) is 109 Å². The Morgan fingerprint density at radius 2 is 1.78 bits per heavy atom. The van der Waals surface area contributed by atoms with Gasteiger partial charge in [0.2, 0.25) is 0 Å². The molecule has 0 aliphatic heterocycles. The quantitative estimate of drug-likeness (QED) is 0.437. The second-order valence-electron chi connectivity index (χ2n) is 11.5. The lowest BCUT2D eigenvalue weighted by Crippen LogP contribution is -2.43. The van der Waals surface area contributed by atoms with Gasteiger partial charge in [0.05, 0.1) is 12.2 Å². The van der Waals surface area contributed by atoms with Gasteiger partial charge in [-0.15, -0.1) is 0 Å². The molecule has 3 N–H and O–H groups in total. The summed E-state index contributed by atoms with van der Waals surface area (Å²) in [4.78, 5) is 0. The van der Waals surface area contributed by atoms with Crippen molar-refractivity contribution in [3.8, 4) is 0 Å². The lowest BCUT2D eigenvalue weighted by Gasteiger charge is -2.44. The van der Waals surface area contributed by atoms with Crippen LogP contribution >= 0.6 is 0 Å². The zero-order valence-corrected chi connectivity index (χ0v) is 20.2. The Morgan fingerprint density at radius 3 is 2.38 bits per heavy atom. The number of hydrogen-bond acceptors (Lipinski definition) is 3. The van der Waals surface area contributed by atoms with Crippen molar-refractivity contribution in [3.05, 3.63) is 35.5 Å². The zero-order valence-electron chi connectivity index (χ0n) is 20.2. The van der Waals surface area contributed by atoms with E-state index >= 15 is 0 Å². The van der Waals surface area contributed by atoms with Crippen LogP contribution in [0.5, 0.6) is 0 Å². The van der Waals surface area contributed by atoms with Crippen LogP contribution in [-0.2, 0) is 0 Å². The molecule has 3 fully saturated rings. The van der Waals surface area contributed by atoms with E-state index < -0.39 is 23.7 Å². The molecule has 5 heteroatoms. The molecule has 32 heavy (non-hydrogen) atoms. The Labute approximate surface area is 192 Å². The van der Waals surface area contributed by atoms with Gasteiger partial charge in [-0.3, -0.25) is 0 Å². The molecule has 6 atom stereocenters. The Morgan fingerprint density at radius 1 is 1.16 bits per heavy atom. The maximum absolute atomic E-state index is 14.3. The summed E-state index contributed by atoms with van der Waals surface area (Å²) >= 11 is 0. The number of hydrogen-bond donors (Lipinski definition) is 3. The predicted molar refractivity (Wildman–Crippen MR) is 124 cm³/mol. The highest BCUT2D eigenvalue weighted by atomic mass is 19.3. The van der Waals surface area contributed by atoms with Crippen LogP contribution in [0.4, 0.5) is 8.78 Å². The molecule has 0 saturated heterocycles. The summed E-state index contributed by atoms with van der Waals surface area (Å²) in [5.74, 6) is -2.03. The van der Waals surface area contributed by atoms with Crippen LogP contribution in [0.15, 0.2) is 35.5 Å². The smallest absolute Gasteiger partial charge is 0.275 e. The van der Waals surface area contributed by atoms with Gasteiger partial charge in [-0.2, -0.15) is 0 Å². The van der Waals surface area contributed by atoms with Crippen LogP contribution in [-0.4, -0.2) is 39.1 Å². The maximum atomic E-state index is 14.3. The molecule has 0 aromatic carbocycles. The fourth-order valence-electron chi connectivity index (χ4n) is 6.56. The molecule has 0 spiro atoms. The van der Waals surface area contributed by atoms with Gasteiger partial charge in [0.25, 0.3) is 5.92 Å². The molecule has 0 bridgehead atoms. The Bertz CT molecular complexity index is 747. The van der Waals surface area contributed by atoms with E-state index in [-0.39, 0.29) is 17.8 Å². The van der Waals surface area contributed by atoms with Crippen molar-refractivity contribution in [1.82, 2.24) is 0 Å². The van der Waals surface area contributed by atoms with Crippen LogP contribution < -0.4 is 0 Å². The van der Waals surface area contributed by atoms with Gasteiger partial charge in [0, 0.05) is 6.42 Å². The minimum absolute atomic E-state index is 0.117. The summed E-state index contributed by atoms with van der Waals surface area (Å²) in [6.45, 7) is 10.6. The van der Waals surface area contributed by atoms with E-state index in [0.717, 1.165) is 37.7 Å². The molecule has 0 heterocycles. The van der Waals surface area contributed by atoms with Crippen LogP contribution in [0.3, 0.4) is 0 Å². The van der Waals surface area contributed by atoms with Crippen molar-refractivity contribution in [2.24, 2.45) is 23.2 Å². The number of rotatable bonds is 6. The molecule has 0 amide bonds. The third-order valence-electron chi connectivity index (χ3n) is 8.83. The third-order valence-corrected chi connectivity index (χ3v) is 8.83. The Kier molecular flexibility index (Phi) is 7.44. The summed E-state index contributed by atoms with van der Waals surface area (Å²) in [6.07, 6.45) is 9.55. The largest absolute Gasteiger partial charge is 0.388 e. The van der Waals surface area contributed by atoms with E-state index in [1.807, 2.05) is 0 Å². The average Bonchev–Trinajstić information content (AvgIpc) is 3.05. The highest BCUT2D eigenvalue weighted by Gasteiger charge is 2.51. The molecule has 0 aromatic heterocycles. The van der Waals surface area contributed by atoms with Gasteiger partial charge in [0.15, 0.2) is 0 Å². The van der Waals surface area contributed by atoms with Crippen LogP contribution in [0.25, 0.3) is 0 Å². The first kappa shape index (κ1) is 25.6. The van der Waals surface area contributed by atoms with E-state index in [0.29, 0.717) is 36.7 Å². The first-order chi connectivity index (χ1) is 14.8. The van der Waals surface area contributed by atoms with Crippen LogP contribution in [0, 0.1) is 23.2 Å². The number of aliphatic hydroxyl groups excluding tert-OH is 2. The van der Waals surface area contributed by atoms with E-state index in [4.69, 9.17) is 0 Å². The lowest BCUT2D eigenvalue weighted by molar-refractivity contribution is -0.168. The second kappa shape index (κ2) is 9.31. The normalized spacial score (nSPS) is 36.3. The Balaban J connectivity index is 1.70. The zero-order chi connectivity index (χ0) is 23.9. The van der Waals surface area contributed by atoms with Crippen molar-refractivity contribution in [2.75, 3.05) is 0 Å². The third kappa shape index (κ3) is 5.05. The van der Waals surface area contributed by atoms with Crippen molar-refractivity contribution < 1.29 is 24.1 Å². The van der Waals surface area contributed by atoms with Crippen molar-refractivity contribution in [3.63, 3.8) is 0 Å². The number of fused-ring (bicyclic) bond motifs is 1. The molecule has 182 valence electrons. The molecule has 3 aliphatic carbocycles. The monoisotopic (exact) mass is 452 g/mol. The molecule has 3 rings (SSSR count). The lowest BCUT2D eigenvalue weighted by atomic mass is 9.60. The van der Waals surface area contributed by atoms with E-state index in [1.165, 1.54) is 19.4 Å². The number of allylic oxidation sites excluding steroid dienone is 3. The number of aliphatic hydroxyl groups is 3. The van der Waals surface area contributed by atoms with Crippen LogP contribution in [0.1, 0.15) is 85.5 Å². The van der Waals surface area contributed by atoms with Crippen molar-refractivity contribution >= 4 is 0 Å². The summed E-state index contributed by atoms with van der Waals surface area (Å²) in [7, 11) is 0. The van der Waals surface area contributed by atoms with Gasteiger partial charge in [-0.25, -0.2) is 8.78 Å². The highest BCUT2D eigenvalue weighted by molar-refractivity contribution is 5.29. The first-order valence-corrected chi connectivity index (χ1v) is 12.3. The van der Waals surface area contributed by atoms with E-state index in [2.05, 4.69) is 32.6 Å². The molecule has 3 aliphatic rings. The van der Waals surface area contributed by atoms with E-state index in [9.17, 15) is 24.1 Å². The topological polar surface area (TPSA) is 60.7 Å². The average molecular weight is 453 g/mol. The molecular formula is C27H42F2O3. The van der Waals surface area contributed by atoms with E-state index in [1.54, 1.807) is 0 Å².